The Bertz CT molecular complexity index is 2450. The Labute approximate surface area is 678 Å². The molecule has 0 aromatic carbocycles. The van der Waals surface area contributed by atoms with Crippen molar-refractivity contribution < 1.29 is 89.4 Å². The molecule has 0 bridgehead atoms. The molecule has 17 atom stereocenters. The first-order valence-electron chi connectivity index (χ1n) is 45.1. The Hall–Kier alpha value is -3.55. The van der Waals surface area contributed by atoms with Crippen LogP contribution in [-0.2, 0) is 33.2 Å². The summed E-state index contributed by atoms with van der Waals surface area (Å²) < 4.78 is 34.5. The Morgan fingerprint density at radius 1 is 0.330 bits per heavy atom. The molecule has 19 nitrogen and oxygen atoms in total. The fourth-order valence-electron chi connectivity index (χ4n) is 14.7. The van der Waals surface area contributed by atoms with E-state index in [2.05, 4.69) is 116 Å². The summed E-state index contributed by atoms with van der Waals surface area (Å²) in [6.07, 6.45) is 73.7. The van der Waals surface area contributed by atoms with Gasteiger partial charge in [-0.25, -0.2) is 0 Å². The Morgan fingerprint density at radius 2 is 0.616 bits per heavy atom. The van der Waals surface area contributed by atoms with Crippen LogP contribution in [0.15, 0.2) is 109 Å². The molecule has 3 aliphatic rings. The molecule has 0 aromatic heterocycles. The van der Waals surface area contributed by atoms with Crippen LogP contribution in [0.1, 0.15) is 341 Å². The molecule has 3 saturated heterocycles. The maximum atomic E-state index is 13.5. The van der Waals surface area contributed by atoms with Gasteiger partial charge < -0.3 is 89.9 Å². The smallest absolute Gasteiger partial charge is 0.220 e. The van der Waals surface area contributed by atoms with Crippen LogP contribution in [0.25, 0.3) is 0 Å². The summed E-state index contributed by atoms with van der Waals surface area (Å²) in [5.74, 6) is -0.277. The van der Waals surface area contributed by atoms with Crippen LogP contribution in [0, 0.1) is 0 Å². The summed E-state index contributed by atoms with van der Waals surface area (Å²) in [4.78, 5) is 13.5. The van der Waals surface area contributed by atoms with Crippen molar-refractivity contribution in [3.63, 3.8) is 0 Å². The second-order valence-corrected chi connectivity index (χ2v) is 31.7. The van der Waals surface area contributed by atoms with Crippen LogP contribution < -0.4 is 5.32 Å². The fourth-order valence-corrected chi connectivity index (χ4v) is 14.7. The zero-order valence-electron chi connectivity index (χ0n) is 69.9. The lowest BCUT2D eigenvalue weighted by Gasteiger charge is -2.48. The van der Waals surface area contributed by atoms with E-state index in [1.54, 1.807) is 6.08 Å². The molecule has 3 rings (SSSR count). The van der Waals surface area contributed by atoms with Crippen LogP contribution in [0.2, 0.25) is 0 Å². The second kappa shape index (κ2) is 71.5. The number of carbonyl (C=O) groups excluding carboxylic acids is 1. The van der Waals surface area contributed by atoms with E-state index in [1.807, 2.05) is 6.08 Å². The monoisotopic (exact) mass is 1580 g/mol. The van der Waals surface area contributed by atoms with Gasteiger partial charge >= 0.3 is 0 Å². The third-order valence-electron chi connectivity index (χ3n) is 21.8. The van der Waals surface area contributed by atoms with E-state index in [0.717, 1.165) is 109 Å². The van der Waals surface area contributed by atoms with Crippen molar-refractivity contribution in [3.05, 3.63) is 109 Å². The third-order valence-corrected chi connectivity index (χ3v) is 21.8. The fraction of sp³-hybridized carbons (Fsp3) is 0.796. The minimum absolute atomic E-state index is 0.236. The molecule has 12 N–H and O–H groups in total. The molecule has 3 aliphatic heterocycles. The number of unbranched alkanes of at least 4 members (excludes halogenated alkanes) is 40. The van der Waals surface area contributed by atoms with Gasteiger partial charge in [-0.05, 0) is 83.5 Å². The number of allylic oxidation sites excluding steroid dienone is 17. The van der Waals surface area contributed by atoms with Gasteiger partial charge in [0.2, 0.25) is 5.91 Å². The highest BCUT2D eigenvalue weighted by molar-refractivity contribution is 5.76. The van der Waals surface area contributed by atoms with Gasteiger partial charge in [0.15, 0.2) is 18.9 Å². The Balaban J connectivity index is 1.34. The Morgan fingerprint density at radius 3 is 0.964 bits per heavy atom. The summed E-state index contributed by atoms with van der Waals surface area (Å²) in [7, 11) is 0. The molecule has 0 aliphatic carbocycles. The molecule has 648 valence electrons. The molecule has 0 spiro atoms. The molecule has 17 unspecified atom stereocenters. The molecule has 3 fully saturated rings. The highest BCUT2D eigenvalue weighted by atomic mass is 16.8. The average molecular weight is 1580 g/mol. The standard InChI is InChI=1S/C93H163NO18/c1-3-5-7-9-11-13-15-17-19-21-23-25-27-29-31-33-35-36-37-38-39-40-41-43-45-47-49-51-53-55-57-59-61-63-65-67-69-71-81(99)94-76(77(98)70-68-66-64-62-60-58-56-54-52-50-48-46-44-42-34-32-30-28-26-24-22-20-18-16-14-12-10-8-6-4-2)75-107-91-87(105)84(102)89(79(73-96)109-91)112-93-88(106)85(103)90(80(74-97)110-93)111-92-86(104)83(101)82(100)78(72-95)108-92/h5,7,11,13,17,19,23,25,29,31,35-36,38-39,41,43,68,70,76-80,82-93,95-98,100-106H,3-4,6,8-10,12,14-16,18,20-22,24,26-28,30,32-34,37,40,42,44-67,69,71-75H2,1-2H3,(H,94,99)/b7-5-,13-11-,19-17-,25-23-,31-29-,36-35-,39-38-,43-41-,70-68+. The van der Waals surface area contributed by atoms with E-state index in [0.29, 0.717) is 6.42 Å². The van der Waals surface area contributed by atoms with Gasteiger partial charge in [-0.2, -0.15) is 0 Å². The summed E-state index contributed by atoms with van der Waals surface area (Å²) in [5, 5.41) is 121. The molecular formula is C93H163NO18. The Kier molecular flexibility index (Phi) is 65.6. The first-order chi connectivity index (χ1) is 54.8. The van der Waals surface area contributed by atoms with Crippen molar-refractivity contribution in [2.24, 2.45) is 0 Å². The molecular weight excluding hydrogens is 1420 g/mol. The van der Waals surface area contributed by atoms with Crippen LogP contribution >= 0.6 is 0 Å². The van der Waals surface area contributed by atoms with Gasteiger partial charge in [-0.3, -0.25) is 4.79 Å². The highest BCUT2D eigenvalue weighted by Crippen LogP contribution is 2.33. The lowest BCUT2D eigenvalue weighted by atomic mass is 9.96. The van der Waals surface area contributed by atoms with Gasteiger partial charge in [0, 0.05) is 6.42 Å². The van der Waals surface area contributed by atoms with E-state index in [4.69, 9.17) is 28.4 Å². The van der Waals surface area contributed by atoms with Gasteiger partial charge in [0.1, 0.15) is 73.2 Å². The second-order valence-electron chi connectivity index (χ2n) is 31.7. The topological polar surface area (TPSA) is 307 Å². The SMILES string of the molecule is CC/C=C\C/C=C\C/C=C\C/C=C\C/C=C\C/C=C\C/C=C\C/C=C\CCCCCCCCCCCCCCC(=O)NC(COC1OC(CO)C(OC2OC(CO)C(OC3OC(CO)C(O)C(O)C3O)C(O)C2O)C(O)C1O)C(O)/C=C/CCCCCCCCCCCCCCCCCCCCCCCCCCCCCC. The molecule has 0 saturated carbocycles. The van der Waals surface area contributed by atoms with Crippen LogP contribution in [0.3, 0.4) is 0 Å². The molecule has 19 heteroatoms. The zero-order valence-corrected chi connectivity index (χ0v) is 69.9. The lowest BCUT2D eigenvalue weighted by molar-refractivity contribution is -0.379. The van der Waals surface area contributed by atoms with E-state index >= 15 is 0 Å². The third kappa shape index (κ3) is 49.6. The molecule has 0 radical (unpaired) electrons. The highest BCUT2D eigenvalue weighted by Gasteiger charge is 2.54. The molecule has 1 amide bonds. The number of ether oxygens (including phenoxy) is 6. The normalized spacial score (nSPS) is 25.5. The van der Waals surface area contributed by atoms with Gasteiger partial charge in [-0.15, -0.1) is 0 Å². The van der Waals surface area contributed by atoms with Gasteiger partial charge in [-0.1, -0.05) is 361 Å². The first-order valence-corrected chi connectivity index (χ1v) is 45.1. The minimum Gasteiger partial charge on any atom is -0.394 e. The quantitative estimate of drug-likeness (QED) is 0.0199. The molecule has 112 heavy (non-hydrogen) atoms. The summed E-state index contributed by atoms with van der Waals surface area (Å²) in [5.41, 5.74) is 0. The lowest BCUT2D eigenvalue weighted by Crippen LogP contribution is -2.66. The van der Waals surface area contributed by atoms with Crippen LogP contribution in [-0.4, -0.2) is 193 Å². The number of carbonyl (C=O) groups is 1. The maximum Gasteiger partial charge on any atom is 0.220 e. The predicted molar refractivity (Wildman–Crippen MR) is 452 cm³/mol. The maximum absolute atomic E-state index is 13.5. The van der Waals surface area contributed by atoms with Crippen LogP contribution in [0.5, 0.6) is 0 Å². The van der Waals surface area contributed by atoms with Crippen molar-refractivity contribution in [2.45, 2.75) is 446 Å². The summed E-state index contributed by atoms with van der Waals surface area (Å²) in [6.45, 7) is 1.66. The number of rotatable bonds is 72. The summed E-state index contributed by atoms with van der Waals surface area (Å²) in [6, 6.07) is -0.983. The largest absolute Gasteiger partial charge is 0.394 e. The van der Waals surface area contributed by atoms with E-state index in [9.17, 15) is 61.0 Å². The molecule has 0 aromatic rings. The number of aliphatic hydroxyl groups is 11. The van der Waals surface area contributed by atoms with Crippen molar-refractivity contribution in [1.82, 2.24) is 5.32 Å². The number of aliphatic hydroxyl groups excluding tert-OH is 11. The molecule has 3 heterocycles. The summed E-state index contributed by atoms with van der Waals surface area (Å²) >= 11 is 0. The van der Waals surface area contributed by atoms with Gasteiger partial charge in [0.05, 0.1) is 38.6 Å². The van der Waals surface area contributed by atoms with E-state index in [-0.39, 0.29) is 18.9 Å². The number of hydrogen-bond donors (Lipinski definition) is 12. The minimum atomic E-state index is -1.98. The van der Waals surface area contributed by atoms with Crippen molar-refractivity contribution >= 4 is 5.91 Å². The van der Waals surface area contributed by atoms with Gasteiger partial charge in [0.25, 0.3) is 0 Å². The average Bonchev–Trinajstić information content (AvgIpc) is 0.781. The van der Waals surface area contributed by atoms with E-state index in [1.165, 1.54) is 205 Å². The number of hydrogen-bond acceptors (Lipinski definition) is 18. The van der Waals surface area contributed by atoms with Crippen molar-refractivity contribution in [1.29, 1.82) is 0 Å². The van der Waals surface area contributed by atoms with Crippen LogP contribution in [0.4, 0.5) is 0 Å². The zero-order chi connectivity index (χ0) is 81.0. The number of nitrogens with one attached hydrogen (secondary N) is 1. The predicted octanol–water partition coefficient (Wildman–Crippen LogP) is 17.2. The first kappa shape index (κ1) is 103. The number of amides is 1. The van der Waals surface area contributed by atoms with Crippen molar-refractivity contribution in [2.75, 3.05) is 26.4 Å². The van der Waals surface area contributed by atoms with Crippen molar-refractivity contribution in [3.8, 4) is 0 Å². The van der Waals surface area contributed by atoms with E-state index < -0.39 is 124 Å².